The molecule has 0 unspecified atom stereocenters. The van der Waals surface area contributed by atoms with Crippen LogP contribution in [0.15, 0.2) is 42.6 Å². The molecule has 0 aliphatic carbocycles. The topological polar surface area (TPSA) is 48.0 Å². The summed E-state index contributed by atoms with van der Waals surface area (Å²) in [4.78, 5) is 12.6. The minimum absolute atomic E-state index is 0.215. The molecule has 0 saturated heterocycles. The molecule has 0 aliphatic rings. The summed E-state index contributed by atoms with van der Waals surface area (Å²) in [5.41, 5.74) is 5.41. The average Bonchev–Trinajstić information content (AvgIpc) is 2.98. The molecule has 3 rings (SSSR count). The van der Waals surface area contributed by atoms with Crippen LogP contribution >= 0.6 is 0 Å². The van der Waals surface area contributed by atoms with Crippen molar-refractivity contribution < 1.29 is 22.4 Å². The van der Waals surface area contributed by atoms with E-state index >= 15 is 0 Å². The van der Waals surface area contributed by atoms with Gasteiger partial charge in [0, 0.05) is 29.1 Å². The maximum absolute atomic E-state index is 14.9. The number of carbonyl (C=O) groups is 1. The molecule has 0 amide bonds. The molecule has 3 nitrogen and oxygen atoms in total. The Labute approximate surface area is 159 Å². The molecule has 148 valence electrons. The lowest BCUT2D eigenvalue weighted by Crippen LogP contribution is -2.16. The molecule has 3 aromatic rings. The van der Waals surface area contributed by atoms with Crippen molar-refractivity contribution in [1.29, 1.82) is 0 Å². The first kappa shape index (κ1) is 20.1. The summed E-state index contributed by atoms with van der Waals surface area (Å²) in [6.07, 6.45) is -3.10. The molecule has 0 fully saturated rings. The lowest BCUT2D eigenvalue weighted by Gasteiger charge is -2.14. The van der Waals surface area contributed by atoms with Crippen LogP contribution in [0.3, 0.4) is 0 Å². The van der Waals surface area contributed by atoms with E-state index < -0.39 is 23.6 Å². The largest absolute Gasteiger partial charge is 0.417 e. The van der Waals surface area contributed by atoms with Crippen LogP contribution in [0.1, 0.15) is 42.7 Å². The van der Waals surface area contributed by atoms with Crippen LogP contribution in [0.2, 0.25) is 0 Å². The number of nitrogens with two attached hydrogens (primary N) is 1. The minimum Gasteiger partial charge on any atom is -0.324 e. The zero-order valence-corrected chi connectivity index (χ0v) is 15.6. The van der Waals surface area contributed by atoms with E-state index in [4.69, 9.17) is 5.73 Å². The van der Waals surface area contributed by atoms with Crippen LogP contribution in [0.25, 0.3) is 22.0 Å². The van der Waals surface area contributed by atoms with Crippen molar-refractivity contribution in [2.24, 2.45) is 11.7 Å². The van der Waals surface area contributed by atoms with E-state index in [-0.39, 0.29) is 23.0 Å². The molecule has 1 atom stereocenters. The highest BCUT2D eigenvalue weighted by atomic mass is 19.4. The van der Waals surface area contributed by atoms with Gasteiger partial charge in [0.2, 0.25) is 5.91 Å². The van der Waals surface area contributed by atoms with E-state index in [0.29, 0.717) is 16.5 Å². The number of carbonyl (C=O) groups excluding carboxylic acids is 1. The van der Waals surface area contributed by atoms with Gasteiger partial charge in [-0.25, -0.2) is 4.39 Å². The molecule has 2 N–H and O–H groups in total. The minimum atomic E-state index is -4.63. The summed E-state index contributed by atoms with van der Waals surface area (Å²) in [6.45, 7) is 5.12. The van der Waals surface area contributed by atoms with Crippen LogP contribution in [0, 0.1) is 11.7 Å². The Bertz CT molecular complexity index is 1050. The number of alkyl halides is 3. The van der Waals surface area contributed by atoms with Crippen LogP contribution in [0.4, 0.5) is 17.6 Å². The molecule has 7 heteroatoms. The molecule has 0 saturated carbocycles. The SMILES string of the molecule is CC(C)C(=O)n1cc([C@@H](C)N)c2cc(F)c(-c3ccccc3C(F)(F)F)cc21. The fraction of sp³-hybridized carbons (Fsp3) is 0.286. The van der Waals surface area contributed by atoms with Crippen molar-refractivity contribution in [1.82, 2.24) is 4.57 Å². The molecule has 0 aliphatic heterocycles. The van der Waals surface area contributed by atoms with Gasteiger partial charge in [0.1, 0.15) is 5.82 Å². The molecule has 0 radical (unpaired) electrons. The molecule has 1 heterocycles. The first-order valence-corrected chi connectivity index (χ1v) is 8.83. The summed E-state index contributed by atoms with van der Waals surface area (Å²) in [7, 11) is 0. The van der Waals surface area contributed by atoms with E-state index in [9.17, 15) is 22.4 Å². The van der Waals surface area contributed by atoms with Crippen LogP contribution in [0.5, 0.6) is 0 Å². The maximum Gasteiger partial charge on any atom is 0.417 e. The van der Waals surface area contributed by atoms with Crippen molar-refractivity contribution in [3.05, 3.63) is 59.5 Å². The number of fused-ring (bicyclic) bond motifs is 1. The molecular weight excluding hydrogens is 372 g/mol. The number of rotatable bonds is 3. The number of halogens is 4. The average molecular weight is 392 g/mol. The fourth-order valence-corrected chi connectivity index (χ4v) is 3.27. The molecule has 28 heavy (non-hydrogen) atoms. The second-order valence-electron chi connectivity index (χ2n) is 7.13. The predicted molar refractivity (Wildman–Crippen MR) is 100 cm³/mol. The number of hydrogen-bond acceptors (Lipinski definition) is 2. The van der Waals surface area contributed by atoms with E-state index in [1.807, 2.05) is 0 Å². The van der Waals surface area contributed by atoms with E-state index in [2.05, 4.69) is 0 Å². The zero-order valence-electron chi connectivity index (χ0n) is 15.6. The van der Waals surface area contributed by atoms with Crippen molar-refractivity contribution in [2.75, 3.05) is 0 Å². The van der Waals surface area contributed by atoms with Gasteiger partial charge >= 0.3 is 6.18 Å². The van der Waals surface area contributed by atoms with E-state index in [0.717, 1.165) is 12.1 Å². The number of hydrogen-bond donors (Lipinski definition) is 1. The van der Waals surface area contributed by atoms with E-state index in [1.54, 1.807) is 20.8 Å². The van der Waals surface area contributed by atoms with Crippen molar-refractivity contribution in [3.63, 3.8) is 0 Å². The Morgan fingerprint density at radius 1 is 1.07 bits per heavy atom. The highest BCUT2D eigenvalue weighted by Crippen LogP contribution is 2.40. The summed E-state index contributed by atoms with van der Waals surface area (Å²) in [5, 5.41) is 0.412. The van der Waals surface area contributed by atoms with Crippen LogP contribution in [-0.2, 0) is 6.18 Å². The molecule has 0 bridgehead atoms. The van der Waals surface area contributed by atoms with Gasteiger partial charge in [0.15, 0.2) is 0 Å². The normalized spacial score (nSPS) is 13.3. The van der Waals surface area contributed by atoms with Crippen molar-refractivity contribution in [3.8, 4) is 11.1 Å². The highest BCUT2D eigenvalue weighted by molar-refractivity contribution is 5.97. The molecule has 1 aromatic heterocycles. The predicted octanol–water partition coefficient (Wildman–Crippen LogP) is 5.78. The molecule has 2 aromatic carbocycles. The smallest absolute Gasteiger partial charge is 0.324 e. The number of aromatic nitrogens is 1. The van der Waals surface area contributed by atoms with Gasteiger partial charge in [-0.15, -0.1) is 0 Å². The Balaban J connectivity index is 2.35. The zero-order chi connectivity index (χ0) is 20.8. The Morgan fingerprint density at radius 3 is 2.29 bits per heavy atom. The first-order valence-electron chi connectivity index (χ1n) is 8.83. The van der Waals surface area contributed by atoms with Gasteiger partial charge in [0.05, 0.1) is 11.1 Å². The Kier molecular flexibility index (Phi) is 5.06. The molecular formula is C21H20F4N2O. The van der Waals surface area contributed by atoms with Crippen molar-refractivity contribution in [2.45, 2.75) is 33.0 Å². The summed E-state index contributed by atoms with van der Waals surface area (Å²) in [6, 6.07) is 6.77. The highest BCUT2D eigenvalue weighted by Gasteiger charge is 2.34. The van der Waals surface area contributed by atoms with Gasteiger partial charge in [-0.05, 0) is 36.2 Å². The summed E-state index contributed by atoms with van der Waals surface area (Å²) < 4.78 is 56.4. The lowest BCUT2D eigenvalue weighted by atomic mass is 9.96. The van der Waals surface area contributed by atoms with Gasteiger partial charge in [-0.1, -0.05) is 32.0 Å². The third kappa shape index (κ3) is 3.42. The Hall–Kier alpha value is -2.67. The van der Waals surface area contributed by atoms with Crippen LogP contribution in [-0.4, -0.2) is 10.5 Å². The first-order chi connectivity index (χ1) is 13.0. The number of benzene rings is 2. The van der Waals surface area contributed by atoms with Gasteiger partial charge in [0.25, 0.3) is 0 Å². The summed E-state index contributed by atoms with van der Waals surface area (Å²) in [5.74, 6) is -1.41. The van der Waals surface area contributed by atoms with Gasteiger partial charge in [-0.2, -0.15) is 13.2 Å². The third-order valence-corrected chi connectivity index (χ3v) is 4.67. The maximum atomic E-state index is 14.9. The second-order valence-corrected chi connectivity index (χ2v) is 7.13. The lowest BCUT2D eigenvalue weighted by molar-refractivity contribution is -0.137. The monoisotopic (exact) mass is 392 g/mol. The quantitative estimate of drug-likeness (QED) is 0.574. The fourth-order valence-electron chi connectivity index (χ4n) is 3.27. The number of nitrogens with zero attached hydrogens (tertiary/aromatic N) is 1. The van der Waals surface area contributed by atoms with Crippen molar-refractivity contribution >= 4 is 16.8 Å². The summed E-state index contributed by atoms with van der Waals surface area (Å²) >= 11 is 0. The van der Waals surface area contributed by atoms with Crippen LogP contribution < -0.4 is 5.73 Å². The van der Waals surface area contributed by atoms with E-state index in [1.165, 1.54) is 35.0 Å². The third-order valence-electron chi connectivity index (χ3n) is 4.67. The standard InChI is InChI=1S/C21H20F4N2O/c1-11(2)20(28)27-10-16(12(3)26)15-8-18(22)14(9-19(15)27)13-6-4-5-7-17(13)21(23,24)25/h4-12H,26H2,1-3H3/t12-/m1/s1. The molecule has 0 spiro atoms. The van der Waals surface area contributed by atoms with Gasteiger partial charge < -0.3 is 5.73 Å². The Morgan fingerprint density at radius 2 is 1.71 bits per heavy atom. The van der Waals surface area contributed by atoms with Gasteiger partial charge in [-0.3, -0.25) is 9.36 Å². The second kappa shape index (κ2) is 7.05.